The Hall–Kier alpha value is -0.600. The summed E-state index contributed by atoms with van der Waals surface area (Å²) in [5.41, 5.74) is 0. The van der Waals surface area contributed by atoms with E-state index in [0.29, 0.717) is 0 Å². The van der Waals surface area contributed by atoms with E-state index < -0.39 is 22.5 Å². The van der Waals surface area contributed by atoms with Crippen LogP contribution in [0.25, 0.3) is 0 Å². The van der Waals surface area contributed by atoms with E-state index >= 15 is 0 Å². The average Bonchev–Trinajstić information content (AvgIpc) is 2.57. The Bertz CT molecular complexity index is 567. The molecule has 1 aromatic rings. The maximum atomic E-state index is 12.2. The summed E-state index contributed by atoms with van der Waals surface area (Å²) in [7, 11) is -3.99. The Balaban J connectivity index is 3.20. The number of carbonyl (C=O) groups is 1. The maximum absolute atomic E-state index is 12.2. The topological polar surface area (TPSA) is 74.7 Å². The molecule has 0 aliphatic heterocycles. The molecule has 0 spiro atoms. The van der Waals surface area contributed by atoms with Gasteiger partial charge in [-0.1, -0.05) is 29.3 Å². The quantitative estimate of drug-likeness (QED) is 0.812. The SMILES string of the molecule is C=CCN(CC(=O)O)S(=O)(=O)c1cc(Cl)sc1Cl. The largest absolute Gasteiger partial charge is 0.480 e. The standard InChI is InChI=1S/C9H9Cl2NO4S2/c1-2-3-12(5-8(13)14)18(15,16)6-4-7(10)17-9(6)11/h2,4H,1,3,5H2,(H,13,14). The normalized spacial score (nSPS) is 11.7. The van der Waals surface area contributed by atoms with Crippen molar-refractivity contribution in [3.63, 3.8) is 0 Å². The van der Waals surface area contributed by atoms with Crippen molar-refractivity contribution in [3.8, 4) is 0 Å². The summed E-state index contributed by atoms with van der Waals surface area (Å²) in [5, 5.41) is 8.70. The Morgan fingerprint density at radius 1 is 1.56 bits per heavy atom. The van der Waals surface area contributed by atoms with E-state index in [-0.39, 0.29) is 20.1 Å². The Morgan fingerprint density at radius 2 is 2.17 bits per heavy atom. The van der Waals surface area contributed by atoms with Crippen molar-refractivity contribution < 1.29 is 18.3 Å². The second kappa shape index (κ2) is 6.03. The van der Waals surface area contributed by atoms with Crippen LogP contribution in [-0.4, -0.2) is 36.9 Å². The molecule has 5 nitrogen and oxygen atoms in total. The van der Waals surface area contributed by atoms with Gasteiger partial charge in [-0.2, -0.15) is 4.31 Å². The smallest absolute Gasteiger partial charge is 0.318 e. The minimum atomic E-state index is -3.99. The van der Waals surface area contributed by atoms with Crippen LogP contribution in [0.5, 0.6) is 0 Å². The van der Waals surface area contributed by atoms with Gasteiger partial charge in [0.05, 0.1) is 4.34 Å². The van der Waals surface area contributed by atoms with Crippen molar-refractivity contribution in [2.75, 3.05) is 13.1 Å². The average molecular weight is 330 g/mol. The zero-order valence-corrected chi connectivity index (χ0v) is 12.1. The number of hydrogen-bond acceptors (Lipinski definition) is 4. The van der Waals surface area contributed by atoms with Gasteiger partial charge in [-0.05, 0) is 6.07 Å². The van der Waals surface area contributed by atoms with Gasteiger partial charge in [0.2, 0.25) is 10.0 Å². The van der Waals surface area contributed by atoms with Crippen molar-refractivity contribution in [2.45, 2.75) is 4.90 Å². The molecule has 1 rings (SSSR count). The Kier molecular flexibility index (Phi) is 5.18. The monoisotopic (exact) mass is 329 g/mol. The molecular formula is C9H9Cl2NO4S2. The fraction of sp³-hybridized carbons (Fsp3) is 0.222. The van der Waals surface area contributed by atoms with Crippen LogP contribution in [0.15, 0.2) is 23.6 Å². The van der Waals surface area contributed by atoms with Gasteiger partial charge in [-0.3, -0.25) is 4.79 Å². The molecule has 9 heteroatoms. The Morgan fingerprint density at radius 3 is 2.56 bits per heavy atom. The third-order valence-electron chi connectivity index (χ3n) is 1.89. The van der Waals surface area contributed by atoms with Crippen LogP contribution in [0.3, 0.4) is 0 Å². The number of aliphatic carboxylic acids is 1. The first-order chi connectivity index (χ1) is 8.28. The second-order valence-corrected chi connectivity index (χ2v) is 7.36. The van der Waals surface area contributed by atoms with Gasteiger partial charge in [-0.15, -0.1) is 17.9 Å². The lowest BCUT2D eigenvalue weighted by molar-refractivity contribution is -0.137. The van der Waals surface area contributed by atoms with E-state index in [4.69, 9.17) is 28.3 Å². The molecule has 0 saturated heterocycles. The molecule has 0 amide bonds. The minimum absolute atomic E-state index is 0.000508. The zero-order chi connectivity index (χ0) is 13.9. The number of nitrogens with zero attached hydrogens (tertiary/aromatic N) is 1. The number of thiophene rings is 1. The summed E-state index contributed by atoms with van der Waals surface area (Å²) in [4.78, 5) is 10.5. The van der Waals surface area contributed by atoms with Crippen molar-refractivity contribution in [2.24, 2.45) is 0 Å². The van der Waals surface area contributed by atoms with Gasteiger partial charge in [0.25, 0.3) is 0 Å². The molecule has 0 bridgehead atoms. The predicted molar refractivity (Wildman–Crippen MR) is 70.9 cm³/mol. The van der Waals surface area contributed by atoms with Gasteiger partial charge < -0.3 is 5.11 Å². The number of carboxylic acids is 1. The molecule has 0 aliphatic rings. The summed E-state index contributed by atoms with van der Waals surface area (Å²) in [6.07, 6.45) is 1.29. The fourth-order valence-electron chi connectivity index (χ4n) is 1.18. The lowest BCUT2D eigenvalue weighted by Crippen LogP contribution is -2.35. The summed E-state index contributed by atoms with van der Waals surface area (Å²) >= 11 is 12.3. The van der Waals surface area contributed by atoms with Crippen LogP contribution in [-0.2, 0) is 14.8 Å². The van der Waals surface area contributed by atoms with Crippen molar-refractivity contribution in [3.05, 3.63) is 27.4 Å². The van der Waals surface area contributed by atoms with Gasteiger partial charge in [0.1, 0.15) is 15.8 Å². The molecule has 1 N–H and O–H groups in total. The van der Waals surface area contributed by atoms with Crippen LogP contribution >= 0.6 is 34.5 Å². The summed E-state index contributed by atoms with van der Waals surface area (Å²) in [6, 6.07) is 1.20. The van der Waals surface area contributed by atoms with Crippen molar-refractivity contribution in [1.29, 1.82) is 0 Å². The highest BCUT2D eigenvalue weighted by molar-refractivity contribution is 7.89. The highest BCUT2D eigenvalue weighted by atomic mass is 35.5. The van der Waals surface area contributed by atoms with E-state index in [1.54, 1.807) is 0 Å². The van der Waals surface area contributed by atoms with E-state index in [9.17, 15) is 13.2 Å². The molecule has 0 saturated carbocycles. The fourth-order valence-corrected chi connectivity index (χ4v) is 4.66. The summed E-state index contributed by atoms with van der Waals surface area (Å²) < 4.78 is 25.3. The molecule has 0 fully saturated rings. The van der Waals surface area contributed by atoms with E-state index in [2.05, 4.69) is 6.58 Å². The molecule has 0 aliphatic carbocycles. The third-order valence-corrected chi connectivity index (χ3v) is 5.45. The van der Waals surface area contributed by atoms with E-state index in [0.717, 1.165) is 15.6 Å². The maximum Gasteiger partial charge on any atom is 0.318 e. The number of carboxylic acid groups (broad SMARTS) is 1. The predicted octanol–water partition coefficient (Wildman–Crippen LogP) is 2.32. The highest BCUT2D eigenvalue weighted by Crippen LogP contribution is 2.35. The van der Waals surface area contributed by atoms with Crippen LogP contribution in [0.2, 0.25) is 8.67 Å². The van der Waals surface area contributed by atoms with Crippen molar-refractivity contribution in [1.82, 2.24) is 4.31 Å². The number of hydrogen-bond donors (Lipinski definition) is 1. The Labute approximate surface area is 118 Å². The lowest BCUT2D eigenvalue weighted by Gasteiger charge is -2.17. The van der Waals surface area contributed by atoms with Gasteiger partial charge in [0.15, 0.2) is 0 Å². The van der Waals surface area contributed by atoms with Gasteiger partial charge in [0, 0.05) is 6.54 Å². The van der Waals surface area contributed by atoms with Crippen LogP contribution < -0.4 is 0 Å². The number of rotatable bonds is 6. The van der Waals surface area contributed by atoms with Crippen molar-refractivity contribution >= 4 is 50.5 Å². The number of sulfonamides is 1. The first-order valence-corrected chi connectivity index (χ1v) is 7.58. The molecule has 0 atom stereocenters. The molecule has 0 radical (unpaired) electrons. The number of halogens is 2. The highest BCUT2D eigenvalue weighted by Gasteiger charge is 2.29. The molecule has 0 aromatic carbocycles. The van der Waals surface area contributed by atoms with Crippen LogP contribution in [0.4, 0.5) is 0 Å². The minimum Gasteiger partial charge on any atom is -0.480 e. The molecule has 1 aromatic heterocycles. The van der Waals surface area contributed by atoms with Crippen LogP contribution in [0, 0.1) is 0 Å². The first-order valence-electron chi connectivity index (χ1n) is 4.56. The van der Waals surface area contributed by atoms with Gasteiger partial charge in [-0.25, -0.2) is 8.42 Å². The second-order valence-electron chi connectivity index (χ2n) is 3.17. The molecule has 18 heavy (non-hydrogen) atoms. The van der Waals surface area contributed by atoms with E-state index in [1.807, 2.05) is 0 Å². The van der Waals surface area contributed by atoms with Gasteiger partial charge >= 0.3 is 5.97 Å². The van der Waals surface area contributed by atoms with Crippen LogP contribution in [0.1, 0.15) is 0 Å². The first kappa shape index (κ1) is 15.5. The molecule has 1 heterocycles. The molecule has 100 valence electrons. The molecule has 0 unspecified atom stereocenters. The van der Waals surface area contributed by atoms with E-state index in [1.165, 1.54) is 12.1 Å². The summed E-state index contributed by atoms with van der Waals surface area (Å²) in [6.45, 7) is 2.59. The molecular weight excluding hydrogens is 321 g/mol. The third kappa shape index (κ3) is 3.46. The zero-order valence-electron chi connectivity index (χ0n) is 8.97. The summed E-state index contributed by atoms with van der Waals surface area (Å²) in [5.74, 6) is -1.27. The lowest BCUT2D eigenvalue weighted by atomic mass is 10.6.